The summed E-state index contributed by atoms with van der Waals surface area (Å²) in [5, 5.41) is 3.28. The standard InChI is InChI=1S/C15H24N2O3S/c1-4-17(12(2)11-20-3)21(18,19)15-7-5-6-13-10-16-9-8-14(13)15/h5-7,12,16H,4,8-11H2,1-3H3. The minimum absolute atomic E-state index is 0.178. The van der Waals surface area contributed by atoms with Crippen molar-refractivity contribution < 1.29 is 13.2 Å². The van der Waals surface area contributed by atoms with Gasteiger partial charge in [0.05, 0.1) is 11.5 Å². The first-order valence-electron chi connectivity index (χ1n) is 7.34. The lowest BCUT2D eigenvalue weighted by Gasteiger charge is -2.29. The minimum Gasteiger partial charge on any atom is -0.383 e. The van der Waals surface area contributed by atoms with Gasteiger partial charge >= 0.3 is 0 Å². The Labute approximate surface area is 127 Å². The number of nitrogens with zero attached hydrogens (tertiary/aromatic N) is 1. The Morgan fingerprint density at radius 1 is 1.43 bits per heavy atom. The fourth-order valence-electron chi connectivity index (χ4n) is 2.91. The normalized spacial score (nSPS) is 16.8. The van der Waals surface area contributed by atoms with Crippen molar-refractivity contribution in [2.24, 2.45) is 0 Å². The van der Waals surface area contributed by atoms with E-state index in [0.29, 0.717) is 18.0 Å². The predicted molar refractivity (Wildman–Crippen MR) is 82.8 cm³/mol. The summed E-state index contributed by atoms with van der Waals surface area (Å²) in [4.78, 5) is 0.450. The highest BCUT2D eigenvalue weighted by atomic mass is 32.2. The molecule has 0 spiro atoms. The van der Waals surface area contributed by atoms with Gasteiger partial charge in [-0.05, 0) is 37.1 Å². The van der Waals surface area contributed by atoms with Crippen LogP contribution < -0.4 is 5.32 Å². The molecule has 1 N–H and O–H groups in total. The largest absolute Gasteiger partial charge is 0.383 e. The van der Waals surface area contributed by atoms with E-state index in [9.17, 15) is 8.42 Å². The van der Waals surface area contributed by atoms with E-state index in [2.05, 4.69) is 5.32 Å². The molecule has 0 amide bonds. The molecule has 21 heavy (non-hydrogen) atoms. The van der Waals surface area contributed by atoms with Gasteiger partial charge in [-0.25, -0.2) is 8.42 Å². The second-order valence-electron chi connectivity index (χ2n) is 5.33. The summed E-state index contributed by atoms with van der Waals surface area (Å²) in [6.45, 7) is 6.12. The van der Waals surface area contributed by atoms with Crippen LogP contribution in [0.15, 0.2) is 23.1 Å². The molecule has 1 atom stereocenters. The molecule has 118 valence electrons. The monoisotopic (exact) mass is 312 g/mol. The second kappa shape index (κ2) is 6.87. The molecule has 1 aliphatic heterocycles. The Morgan fingerprint density at radius 3 is 2.86 bits per heavy atom. The highest BCUT2D eigenvalue weighted by Gasteiger charge is 2.30. The van der Waals surface area contributed by atoms with E-state index >= 15 is 0 Å². The molecule has 1 heterocycles. The van der Waals surface area contributed by atoms with E-state index in [0.717, 1.165) is 30.6 Å². The lowest BCUT2D eigenvalue weighted by atomic mass is 10.0. The zero-order valence-corrected chi connectivity index (χ0v) is 13.7. The molecule has 0 fully saturated rings. The fraction of sp³-hybridized carbons (Fsp3) is 0.600. The summed E-state index contributed by atoms with van der Waals surface area (Å²) in [5.41, 5.74) is 2.04. The average Bonchev–Trinajstić information content (AvgIpc) is 2.47. The lowest BCUT2D eigenvalue weighted by Crippen LogP contribution is -2.41. The highest BCUT2D eigenvalue weighted by Crippen LogP contribution is 2.26. The quantitative estimate of drug-likeness (QED) is 0.862. The molecule has 2 rings (SSSR count). The van der Waals surface area contributed by atoms with Crippen LogP contribution >= 0.6 is 0 Å². The van der Waals surface area contributed by atoms with Crippen LogP contribution in [-0.4, -0.2) is 45.6 Å². The molecule has 0 radical (unpaired) electrons. The van der Waals surface area contributed by atoms with Crippen LogP contribution in [0.2, 0.25) is 0 Å². The van der Waals surface area contributed by atoms with Crippen LogP contribution in [0.4, 0.5) is 0 Å². The maximum absolute atomic E-state index is 13.0. The third-order valence-electron chi connectivity index (χ3n) is 3.90. The Kier molecular flexibility index (Phi) is 5.37. The molecule has 5 nitrogen and oxygen atoms in total. The van der Waals surface area contributed by atoms with Gasteiger partial charge in [-0.2, -0.15) is 4.31 Å². The van der Waals surface area contributed by atoms with Crippen LogP contribution in [0.1, 0.15) is 25.0 Å². The number of nitrogens with one attached hydrogen (secondary N) is 1. The first-order chi connectivity index (χ1) is 10.0. The van der Waals surface area contributed by atoms with Crippen molar-refractivity contribution in [1.29, 1.82) is 0 Å². The summed E-state index contributed by atoms with van der Waals surface area (Å²) in [5.74, 6) is 0. The number of rotatable bonds is 6. The summed E-state index contributed by atoms with van der Waals surface area (Å²) >= 11 is 0. The van der Waals surface area contributed by atoms with Gasteiger partial charge in [0, 0.05) is 26.2 Å². The second-order valence-corrected chi connectivity index (χ2v) is 7.19. The van der Waals surface area contributed by atoms with E-state index < -0.39 is 10.0 Å². The molecular weight excluding hydrogens is 288 g/mol. The highest BCUT2D eigenvalue weighted by molar-refractivity contribution is 7.89. The van der Waals surface area contributed by atoms with E-state index in [1.165, 1.54) is 4.31 Å². The van der Waals surface area contributed by atoms with Crippen LogP contribution in [0, 0.1) is 0 Å². The first kappa shape index (κ1) is 16.4. The number of methoxy groups -OCH3 is 1. The SMILES string of the molecule is CCN(C(C)COC)S(=O)(=O)c1cccc2c1CCNC2. The molecule has 1 aliphatic rings. The third kappa shape index (κ3) is 3.29. The molecule has 6 heteroatoms. The van der Waals surface area contributed by atoms with Gasteiger partial charge in [0.15, 0.2) is 0 Å². The fourth-order valence-corrected chi connectivity index (χ4v) is 4.83. The van der Waals surface area contributed by atoms with Gasteiger partial charge in [0.2, 0.25) is 10.0 Å². The van der Waals surface area contributed by atoms with Crippen LogP contribution in [-0.2, 0) is 27.7 Å². The first-order valence-corrected chi connectivity index (χ1v) is 8.78. The lowest BCUT2D eigenvalue weighted by molar-refractivity contribution is 0.142. The van der Waals surface area contributed by atoms with Crippen molar-refractivity contribution in [3.8, 4) is 0 Å². The van der Waals surface area contributed by atoms with Gasteiger partial charge < -0.3 is 10.1 Å². The summed E-state index contributed by atoms with van der Waals surface area (Å²) in [7, 11) is -1.90. The van der Waals surface area contributed by atoms with Crippen LogP contribution in [0.5, 0.6) is 0 Å². The van der Waals surface area contributed by atoms with E-state index in [-0.39, 0.29) is 6.04 Å². The number of sulfonamides is 1. The molecule has 1 aromatic carbocycles. The summed E-state index contributed by atoms with van der Waals surface area (Å²) < 4.78 is 32.6. The Balaban J connectivity index is 2.43. The van der Waals surface area contributed by atoms with Crippen molar-refractivity contribution >= 4 is 10.0 Å². The van der Waals surface area contributed by atoms with Crippen molar-refractivity contribution in [1.82, 2.24) is 9.62 Å². The topological polar surface area (TPSA) is 58.6 Å². The van der Waals surface area contributed by atoms with Gasteiger partial charge in [-0.15, -0.1) is 0 Å². The number of fused-ring (bicyclic) bond motifs is 1. The van der Waals surface area contributed by atoms with Gasteiger partial charge in [-0.1, -0.05) is 19.1 Å². The molecular formula is C15H24N2O3S. The van der Waals surface area contributed by atoms with Gasteiger partial charge in [0.1, 0.15) is 0 Å². The maximum atomic E-state index is 13.0. The van der Waals surface area contributed by atoms with Crippen molar-refractivity contribution in [3.05, 3.63) is 29.3 Å². The smallest absolute Gasteiger partial charge is 0.243 e. The van der Waals surface area contributed by atoms with Gasteiger partial charge in [-0.3, -0.25) is 0 Å². The molecule has 1 unspecified atom stereocenters. The average molecular weight is 312 g/mol. The van der Waals surface area contributed by atoms with Crippen molar-refractivity contribution in [2.45, 2.75) is 37.8 Å². The Morgan fingerprint density at radius 2 is 2.19 bits per heavy atom. The number of likely N-dealkylation sites (N-methyl/N-ethyl adjacent to an activating group) is 1. The van der Waals surface area contributed by atoms with E-state index in [1.807, 2.05) is 26.0 Å². The summed E-state index contributed by atoms with van der Waals surface area (Å²) in [6, 6.07) is 5.37. The Bertz CT molecular complexity index is 587. The molecule has 0 aromatic heterocycles. The predicted octanol–water partition coefficient (Wildman–Crippen LogP) is 1.38. The van der Waals surface area contributed by atoms with Gasteiger partial charge in [0.25, 0.3) is 0 Å². The molecule has 0 saturated heterocycles. The number of benzene rings is 1. The summed E-state index contributed by atoms with van der Waals surface area (Å²) in [6.07, 6.45) is 0.751. The van der Waals surface area contributed by atoms with Crippen molar-refractivity contribution in [2.75, 3.05) is 26.8 Å². The number of hydrogen-bond donors (Lipinski definition) is 1. The zero-order valence-electron chi connectivity index (χ0n) is 12.9. The number of ether oxygens (including phenoxy) is 1. The molecule has 0 saturated carbocycles. The minimum atomic E-state index is -3.49. The van der Waals surface area contributed by atoms with E-state index in [4.69, 9.17) is 4.74 Å². The zero-order chi connectivity index (χ0) is 15.5. The molecule has 0 bridgehead atoms. The maximum Gasteiger partial charge on any atom is 0.243 e. The number of hydrogen-bond acceptors (Lipinski definition) is 4. The Hall–Kier alpha value is -0.950. The molecule has 1 aromatic rings. The van der Waals surface area contributed by atoms with Crippen LogP contribution in [0.25, 0.3) is 0 Å². The third-order valence-corrected chi connectivity index (χ3v) is 6.07. The van der Waals surface area contributed by atoms with E-state index in [1.54, 1.807) is 13.2 Å². The molecule has 0 aliphatic carbocycles. The van der Waals surface area contributed by atoms with Crippen molar-refractivity contribution in [3.63, 3.8) is 0 Å². The van der Waals surface area contributed by atoms with Crippen LogP contribution in [0.3, 0.4) is 0 Å².